The average molecular weight is 306 g/mol. The van der Waals surface area contributed by atoms with E-state index in [4.69, 9.17) is 10.9 Å². The molecule has 118 valence electrons. The van der Waals surface area contributed by atoms with Gasteiger partial charge in [-0.1, -0.05) is 13.8 Å². The van der Waals surface area contributed by atoms with Crippen LogP contribution in [0.2, 0.25) is 0 Å². The van der Waals surface area contributed by atoms with E-state index in [0.717, 1.165) is 12.8 Å². The number of nitrogens with two attached hydrogens (primary N) is 2. The van der Waals surface area contributed by atoms with Crippen LogP contribution in [-0.4, -0.2) is 45.4 Å². The molecule has 2 unspecified atom stereocenters. The molecule has 5 N–H and O–H groups in total. The van der Waals surface area contributed by atoms with E-state index in [-0.39, 0.29) is 30.2 Å². The summed E-state index contributed by atoms with van der Waals surface area (Å²) in [7, 11) is -3.67. The summed E-state index contributed by atoms with van der Waals surface area (Å²) in [5.41, 5.74) is 5.68. The molecule has 7 nitrogen and oxygen atoms in total. The van der Waals surface area contributed by atoms with Crippen molar-refractivity contribution in [3.8, 4) is 0 Å². The molecule has 1 aliphatic heterocycles. The van der Waals surface area contributed by atoms with Gasteiger partial charge in [0, 0.05) is 26.2 Å². The molecule has 2 atom stereocenters. The highest BCUT2D eigenvalue weighted by molar-refractivity contribution is 7.87. The number of nitrogens with one attached hydrogen (secondary N) is 1. The maximum atomic E-state index is 12.4. The van der Waals surface area contributed by atoms with Gasteiger partial charge in [0.25, 0.3) is 10.2 Å². The second kappa shape index (κ2) is 7.35. The highest BCUT2D eigenvalue weighted by Crippen LogP contribution is 2.20. The summed E-state index contributed by atoms with van der Waals surface area (Å²) in [5.74, 6) is 0.217. The van der Waals surface area contributed by atoms with Crippen molar-refractivity contribution in [3.05, 3.63) is 0 Å². The van der Waals surface area contributed by atoms with Crippen molar-refractivity contribution < 1.29 is 13.2 Å². The number of amides is 1. The molecule has 20 heavy (non-hydrogen) atoms. The van der Waals surface area contributed by atoms with E-state index in [1.807, 2.05) is 13.8 Å². The van der Waals surface area contributed by atoms with Gasteiger partial charge in [-0.15, -0.1) is 0 Å². The average Bonchev–Trinajstić information content (AvgIpc) is 2.36. The van der Waals surface area contributed by atoms with Crippen LogP contribution in [0.4, 0.5) is 0 Å². The van der Waals surface area contributed by atoms with Crippen LogP contribution in [0.5, 0.6) is 0 Å². The molecule has 0 radical (unpaired) electrons. The first-order valence-corrected chi connectivity index (χ1v) is 8.55. The van der Waals surface area contributed by atoms with E-state index >= 15 is 0 Å². The van der Waals surface area contributed by atoms with Crippen molar-refractivity contribution in [1.29, 1.82) is 0 Å². The normalized spacial score (nSPS) is 22.1. The van der Waals surface area contributed by atoms with Gasteiger partial charge in [-0.05, 0) is 24.7 Å². The molecular formula is C12H26N4O3S. The van der Waals surface area contributed by atoms with Crippen LogP contribution < -0.4 is 15.6 Å². The van der Waals surface area contributed by atoms with Crippen LogP contribution >= 0.6 is 0 Å². The van der Waals surface area contributed by atoms with Gasteiger partial charge in [0.2, 0.25) is 5.91 Å². The zero-order valence-electron chi connectivity index (χ0n) is 12.2. The summed E-state index contributed by atoms with van der Waals surface area (Å²) in [5, 5.41) is 4.92. The fraction of sp³-hybridized carbons (Fsp3) is 0.917. The fourth-order valence-electron chi connectivity index (χ4n) is 2.56. The quantitative estimate of drug-likeness (QED) is 0.598. The van der Waals surface area contributed by atoms with Crippen LogP contribution in [0.25, 0.3) is 0 Å². The molecule has 0 bridgehead atoms. The van der Waals surface area contributed by atoms with Crippen LogP contribution in [0.15, 0.2) is 0 Å². The largest absolute Gasteiger partial charge is 0.342 e. The summed E-state index contributed by atoms with van der Waals surface area (Å²) < 4.78 is 24.1. The van der Waals surface area contributed by atoms with Crippen molar-refractivity contribution in [2.75, 3.05) is 26.2 Å². The number of nitrogens with zero attached hydrogens (tertiary/aromatic N) is 1. The standard InChI is InChI=1S/C12H26N4O3S/c1-9(2)11(6-13)12(17)16-5-3-4-10(8-16)7-15-20(14,18)19/h9-11,15H,3-8,13H2,1-2H3,(H2,14,18,19). The van der Waals surface area contributed by atoms with E-state index in [9.17, 15) is 13.2 Å². The SMILES string of the molecule is CC(C)C(CN)C(=O)N1CCCC(CNS(N)(=O)=O)C1. The zero-order valence-corrected chi connectivity index (χ0v) is 13.0. The van der Waals surface area contributed by atoms with Crippen molar-refractivity contribution in [3.63, 3.8) is 0 Å². The third kappa shape index (κ3) is 5.35. The molecule has 1 rings (SSSR count). The Morgan fingerprint density at radius 3 is 2.60 bits per heavy atom. The minimum atomic E-state index is -3.67. The Balaban J connectivity index is 2.58. The Morgan fingerprint density at radius 2 is 2.10 bits per heavy atom. The van der Waals surface area contributed by atoms with Gasteiger partial charge in [0.1, 0.15) is 0 Å². The highest BCUT2D eigenvalue weighted by atomic mass is 32.2. The van der Waals surface area contributed by atoms with Gasteiger partial charge in [0.15, 0.2) is 0 Å². The molecule has 0 spiro atoms. The Bertz CT molecular complexity index is 424. The first kappa shape index (κ1) is 17.4. The monoisotopic (exact) mass is 306 g/mol. The zero-order chi connectivity index (χ0) is 15.3. The van der Waals surface area contributed by atoms with Gasteiger partial charge < -0.3 is 10.6 Å². The number of hydrogen-bond acceptors (Lipinski definition) is 4. The van der Waals surface area contributed by atoms with Gasteiger partial charge >= 0.3 is 0 Å². The first-order chi connectivity index (χ1) is 9.24. The Hall–Kier alpha value is -0.700. The van der Waals surface area contributed by atoms with Gasteiger partial charge in [-0.25, -0.2) is 9.86 Å². The van der Waals surface area contributed by atoms with Crippen LogP contribution in [0, 0.1) is 17.8 Å². The molecule has 8 heteroatoms. The third-order valence-corrected chi connectivity index (χ3v) is 4.35. The topological polar surface area (TPSA) is 119 Å². The van der Waals surface area contributed by atoms with E-state index < -0.39 is 10.2 Å². The maximum absolute atomic E-state index is 12.4. The van der Waals surface area contributed by atoms with Gasteiger partial charge in [0.05, 0.1) is 5.92 Å². The van der Waals surface area contributed by atoms with Crippen molar-refractivity contribution in [1.82, 2.24) is 9.62 Å². The number of likely N-dealkylation sites (tertiary alicyclic amines) is 1. The number of hydrogen-bond donors (Lipinski definition) is 3. The van der Waals surface area contributed by atoms with E-state index in [1.165, 1.54) is 0 Å². The molecule has 1 heterocycles. The predicted octanol–water partition coefficient (Wildman–Crippen LogP) is -0.751. The molecule has 0 saturated carbocycles. The maximum Gasteiger partial charge on any atom is 0.274 e. The highest BCUT2D eigenvalue weighted by Gasteiger charge is 2.30. The summed E-state index contributed by atoms with van der Waals surface area (Å²) >= 11 is 0. The summed E-state index contributed by atoms with van der Waals surface area (Å²) in [6.07, 6.45) is 1.76. The minimum Gasteiger partial charge on any atom is -0.342 e. The Kier molecular flexibility index (Phi) is 6.38. The lowest BCUT2D eigenvalue weighted by molar-refractivity contribution is -0.138. The molecule has 1 aliphatic rings. The Morgan fingerprint density at radius 1 is 1.45 bits per heavy atom. The first-order valence-electron chi connectivity index (χ1n) is 7.00. The lowest BCUT2D eigenvalue weighted by atomic mass is 9.91. The molecule has 0 aromatic rings. The fourth-order valence-corrected chi connectivity index (χ4v) is 3.03. The lowest BCUT2D eigenvalue weighted by Crippen LogP contribution is -2.48. The smallest absolute Gasteiger partial charge is 0.274 e. The van der Waals surface area contributed by atoms with Crippen LogP contribution in [0.3, 0.4) is 0 Å². The second-order valence-corrected chi connectivity index (χ2v) is 7.15. The third-order valence-electron chi connectivity index (χ3n) is 3.78. The number of carbonyl (C=O) groups excluding carboxylic acids is 1. The number of rotatable bonds is 6. The van der Waals surface area contributed by atoms with E-state index in [1.54, 1.807) is 4.90 Å². The molecular weight excluding hydrogens is 280 g/mol. The minimum absolute atomic E-state index is 0.0720. The molecule has 1 fully saturated rings. The Labute approximate surface area is 121 Å². The van der Waals surface area contributed by atoms with Crippen LogP contribution in [0.1, 0.15) is 26.7 Å². The molecule has 0 aliphatic carbocycles. The van der Waals surface area contributed by atoms with Gasteiger partial charge in [-0.3, -0.25) is 4.79 Å². The second-order valence-electron chi connectivity index (χ2n) is 5.77. The van der Waals surface area contributed by atoms with Gasteiger partial charge in [-0.2, -0.15) is 8.42 Å². The predicted molar refractivity (Wildman–Crippen MR) is 77.8 cm³/mol. The van der Waals surface area contributed by atoms with E-state index in [2.05, 4.69) is 4.72 Å². The molecule has 1 amide bonds. The van der Waals surface area contributed by atoms with Crippen molar-refractivity contribution in [2.24, 2.45) is 28.6 Å². The summed E-state index contributed by atoms with van der Waals surface area (Å²) in [6.45, 7) is 5.86. The summed E-state index contributed by atoms with van der Waals surface area (Å²) in [4.78, 5) is 14.2. The van der Waals surface area contributed by atoms with Crippen molar-refractivity contribution in [2.45, 2.75) is 26.7 Å². The summed E-state index contributed by atoms with van der Waals surface area (Å²) in [6, 6.07) is 0. The number of carbonyl (C=O) groups is 1. The van der Waals surface area contributed by atoms with E-state index in [0.29, 0.717) is 19.6 Å². The van der Waals surface area contributed by atoms with Crippen molar-refractivity contribution >= 4 is 16.1 Å². The molecule has 0 aromatic heterocycles. The number of piperidine rings is 1. The molecule has 0 aromatic carbocycles. The lowest BCUT2D eigenvalue weighted by Gasteiger charge is -2.35. The molecule has 1 saturated heterocycles. The van der Waals surface area contributed by atoms with Crippen LogP contribution in [-0.2, 0) is 15.0 Å².